The molecule has 4 atom stereocenters. The van der Waals surface area contributed by atoms with E-state index in [9.17, 15) is 18.7 Å². The number of amides is 1. The molecule has 3 fully saturated rings. The molecule has 1 saturated carbocycles. The second-order valence-corrected chi connectivity index (χ2v) is 9.87. The number of carbonyl (C=O) groups is 1. The zero-order valence-corrected chi connectivity index (χ0v) is 19.3. The van der Waals surface area contributed by atoms with Crippen molar-refractivity contribution >= 4 is 11.6 Å². The lowest BCUT2D eigenvalue weighted by Crippen LogP contribution is -2.49. The maximum atomic E-state index is 13.6. The highest BCUT2D eigenvalue weighted by molar-refractivity contribution is 5.73. The van der Waals surface area contributed by atoms with Crippen LogP contribution in [0.1, 0.15) is 37.3 Å². The average Bonchev–Trinajstić information content (AvgIpc) is 3.28. The van der Waals surface area contributed by atoms with Crippen LogP contribution in [0.5, 0.6) is 0 Å². The molecule has 8 heteroatoms. The van der Waals surface area contributed by atoms with Crippen LogP contribution in [0.4, 0.5) is 14.5 Å². The first-order valence-corrected chi connectivity index (χ1v) is 12.0. The van der Waals surface area contributed by atoms with Gasteiger partial charge in [0, 0.05) is 37.3 Å². The number of anilines is 1. The summed E-state index contributed by atoms with van der Waals surface area (Å²) in [4.78, 5) is 14.2. The van der Waals surface area contributed by atoms with Crippen molar-refractivity contribution in [2.24, 2.45) is 0 Å². The molecule has 2 aromatic carbocycles. The van der Waals surface area contributed by atoms with Crippen molar-refractivity contribution in [1.82, 2.24) is 10.6 Å². The summed E-state index contributed by atoms with van der Waals surface area (Å²) in [5, 5.41) is 17.1. The van der Waals surface area contributed by atoms with E-state index < -0.39 is 23.8 Å². The number of ether oxygens (including phenoxy) is 1. The number of nitrogens with zero attached hydrogens (tertiary/aromatic N) is 1. The molecule has 2 bridgehead atoms. The first-order valence-electron chi connectivity index (χ1n) is 12.0. The predicted molar refractivity (Wildman–Crippen MR) is 125 cm³/mol. The van der Waals surface area contributed by atoms with Crippen molar-refractivity contribution in [3.8, 4) is 0 Å². The molecule has 0 spiro atoms. The maximum absolute atomic E-state index is 13.6. The van der Waals surface area contributed by atoms with Gasteiger partial charge in [-0.1, -0.05) is 12.1 Å². The summed E-state index contributed by atoms with van der Waals surface area (Å²) in [5.74, 6) is -1.67. The smallest absolute Gasteiger partial charge is 0.217 e. The fourth-order valence-corrected chi connectivity index (χ4v) is 5.36. The molecule has 5 rings (SSSR count). The predicted octanol–water partition coefficient (Wildman–Crippen LogP) is 2.63. The van der Waals surface area contributed by atoms with Crippen molar-refractivity contribution in [2.45, 2.75) is 62.4 Å². The van der Waals surface area contributed by atoms with E-state index in [4.69, 9.17) is 4.74 Å². The van der Waals surface area contributed by atoms with E-state index in [2.05, 4.69) is 39.8 Å². The number of morpholine rings is 1. The van der Waals surface area contributed by atoms with Crippen LogP contribution in [0.3, 0.4) is 0 Å². The summed E-state index contributed by atoms with van der Waals surface area (Å²) in [6.45, 7) is 3.31. The second-order valence-electron chi connectivity index (χ2n) is 9.87. The van der Waals surface area contributed by atoms with E-state index in [0.29, 0.717) is 17.7 Å². The van der Waals surface area contributed by atoms with Gasteiger partial charge in [0.05, 0.1) is 30.9 Å². The molecular formula is C26H31F2N3O3. The first kappa shape index (κ1) is 23.2. The van der Waals surface area contributed by atoms with Crippen LogP contribution < -0.4 is 15.5 Å². The Kier molecular flexibility index (Phi) is 6.31. The number of fused-ring (bicyclic) bond motifs is 2. The summed E-state index contributed by atoms with van der Waals surface area (Å²) in [6.07, 6.45) is 2.52. The Labute approximate surface area is 198 Å². The molecule has 6 nitrogen and oxygen atoms in total. The standard InChI is InChI=1S/C26H31F2N3O3/c1-16(32)30-24(9-17-7-19(27)11-20(28)8-17)25(33)13-29-26(5-6-26)18-3-2-4-21(10-18)31-14-23-12-22(31)15-34-23/h2-4,7-8,10-11,22-25,29,33H,5-6,9,12-15H2,1H3,(H,30,32). The first-order chi connectivity index (χ1) is 16.3. The van der Waals surface area contributed by atoms with Gasteiger partial charge >= 0.3 is 0 Å². The van der Waals surface area contributed by atoms with Gasteiger partial charge in [-0.2, -0.15) is 0 Å². The number of hydrogen-bond acceptors (Lipinski definition) is 5. The zero-order chi connectivity index (χ0) is 23.9. The molecule has 34 heavy (non-hydrogen) atoms. The van der Waals surface area contributed by atoms with Crippen LogP contribution in [0.2, 0.25) is 0 Å². The lowest BCUT2D eigenvalue weighted by atomic mass is 9.99. The number of nitrogens with one attached hydrogen (secondary N) is 2. The van der Waals surface area contributed by atoms with Gasteiger partial charge in [-0.05, 0) is 61.1 Å². The second kappa shape index (κ2) is 9.24. The molecule has 4 unspecified atom stereocenters. The van der Waals surface area contributed by atoms with Gasteiger partial charge in [0.1, 0.15) is 11.6 Å². The van der Waals surface area contributed by atoms with E-state index in [0.717, 1.165) is 38.5 Å². The fourth-order valence-electron chi connectivity index (χ4n) is 5.36. The van der Waals surface area contributed by atoms with Gasteiger partial charge in [-0.15, -0.1) is 0 Å². The van der Waals surface area contributed by atoms with Crippen molar-refractivity contribution in [1.29, 1.82) is 0 Å². The van der Waals surface area contributed by atoms with Crippen molar-refractivity contribution < 1.29 is 23.4 Å². The molecule has 2 saturated heterocycles. The van der Waals surface area contributed by atoms with E-state index in [-0.39, 0.29) is 24.4 Å². The zero-order valence-electron chi connectivity index (χ0n) is 19.3. The fraction of sp³-hybridized carbons (Fsp3) is 0.500. The van der Waals surface area contributed by atoms with Crippen molar-refractivity contribution in [2.75, 3.05) is 24.6 Å². The third-order valence-electron chi connectivity index (χ3n) is 7.26. The lowest BCUT2D eigenvalue weighted by molar-refractivity contribution is -0.120. The Morgan fingerprint density at radius 1 is 1.24 bits per heavy atom. The highest BCUT2D eigenvalue weighted by Gasteiger charge is 2.45. The third-order valence-corrected chi connectivity index (χ3v) is 7.26. The highest BCUT2D eigenvalue weighted by atomic mass is 19.1. The molecule has 2 aromatic rings. The van der Waals surface area contributed by atoms with E-state index in [1.807, 2.05) is 0 Å². The molecule has 0 radical (unpaired) electrons. The Morgan fingerprint density at radius 2 is 2.00 bits per heavy atom. The molecule has 2 heterocycles. The van der Waals surface area contributed by atoms with E-state index in [1.165, 1.54) is 30.3 Å². The minimum atomic E-state index is -0.928. The summed E-state index contributed by atoms with van der Waals surface area (Å²) >= 11 is 0. The van der Waals surface area contributed by atoms with Crippen LogP contribution in [0.25, 0.3) is 0 Å². The monoisotopic (exact) mass is 471 g/mol. The SMILES string of the molecule is CC(=O)NC(Cc1cc(F)cc(F)c1)C(O)CNC1(c2cccc(N3CC4CC3CO4)c2)CC1. The summed E-state index contributed by atoms with van der Waals surface area (Å²) in [6, 6.07) is 11.6. The normalized spacial score (nSPS) is 24.2. The third kappa shape index (κ3) is 4.94. The molecule has 3 aliphatic rings. The number of hydrogen-bond donors (Lipinski definition) is 3. The topological polar surface area (TPSA) is 73.8 Å². The Bertz CT molecular complexity index is 1040. The van der Waals surface area contributed by atoms with Crippen molar-refractivity contribution in [3.63, 3.8) is 0 Å². The van der Waals surface area contributed by atoms with E-state index >= 15 is 0 Å². The van der Waals surface area contributed by atoms with Crippen molar-refractivity contribution in [3.05, 3.63) is 65.2 Å². The van der Waals surface area contributed by atoms with Crippen LogP contribution in [-0.4, -0.2) is 55.0 Å². The number of rotatable bonds is 9. The number of carbonyl (C=O) groups excluding carboxylic acids is 1. The Hall–Kier alpha value is -2.55. The van der Waals surface area contributed by atoms with Crippen LogP contribution >= 0.6 is 0 Å². The molecule has 0 aromatic heterocycles. The van der Waals surface area contributed by atoms with Gasteiger partial charge in [-0.25, -0.2) is 8.78 Å². The summed E-state index contributed by atoms with van der Waals surface area (Å²) in [7, 11) is 0. The van der Waals surface area contributed by atoms with Crippen LogP contribution in [-0.2, 0) is 21.5 Å². The van der Waals surface area contributed by atoms with Crippen LogP contribution in [0, 0.1) is 11.6 Å². The minimum absolute atomic E-state index is 0.124. The van der Waals surface area contributed by atoms with Gasteiger partial charge in [0.2, 0.25) is 5.91 Å². The molecular weight excluding hydrogens is 440 g/mol. The lowest BCUT2D eigenvalue weighted by Gasteiger charge is -2.30. The average molecular weight is 472 g/mol. The number of aliphatic hydroxyl groups excluding tert-OH is 1. The van der Waals surface area contributed by atoms with Gasteiger partial charge in [-0.3, -0.25) is 4.79 Å². The molecule has 1 amide bonds. The van der Waals surface area contributed by atoms with Crippen LogP contribution in [0.15, 0.2) is 42.5 Å². The maximum Gasteiger partial charge on any atom is 0.217 e. The number of halogens is 2. The number of aliphatic hydroxyl groups is 1. The molecule has 2 aliphatic heterocycles. The number of benzene rings is 2. The largest absolute Gasteiger partial charge is 0.390 e. The molecule has 1 aliphatic carbocycles. The van der Waals surface area contributed by atoms with E-state index in [1.54, 1.807) is 0 Å². The Balaban J connectivity index is 1.25. The Morgan fingerprint density at radius 3 is 2.62 bits per heavy atom. The molecule has 3 N–H and O–H groups in total. The van der Waals surface area contributed by atoms with Gasteiger partial charge in [0.15, 0.2) is 0 Å². The summed E-state index contributed by atoms with van der Waals surface area (Å²) in [5.41, 5.74) is 2.56. The quantitative estimate of drug-likeness (QED) is 0.525. The summed E-state index contributed by atoms with van der Waals surface area (Å²) < 4.78 is 33.0. The highest BCUT2D eigenvalue weighted by Crippen LogP contribution is 2.46. The molecule has 182 valence electrons. The minimum Gasteiger partial charge on any atom is -0.390 e. The van der Waals surface area contributed by atoms with Gasteiger partial charge < -0.3 is 25.4 Å². The van der Waals surface area contributed by atoms with Gasteiger partial charge in [0.25, 0.3) is 0 Å².